The number of rotatable bonds is 6. The highest BCUT2D eigenvalue weighted by Gasteiger charge is 2.26. The lowest BCUT2D eigenvalue weighted by atomic mass is 10.1. The van der Waals surface area contributed by atoms with Crippen molar-refractivity contribution in [3.05, 3.63) is 41.6 Å². The zero-order valence-corrected chi connectivity index (χ0v) is 18.2. The van der Waals surface area contributed by atoms with Gasteiger partial charge in [-0.3, -0.25) is 9.36 Å². The van der Waals surface area contributed by atoms with Gasteiger partial charge < -0.3 is 26.2 Å². The summed E-state index contributed by atoms with van der Waals surface area (Å²) >= 11 is 0. The second-order valence-corrected chi connectivity index (χ2v) is 7.27. The van der Waals surface area contributed by atoms with Gasteiger partial charge in [0.2, 0.25) is 11.8 Å². The van der Waals surface area contributed by atoms with E-state index >= 15 is 0 Å². The number of nitrogens with one attached hydrogen (secondary N) is 1. The molecule has 164 valence electrons. The minimum atomic E-state index is -0.350. The Labute approximate surface area is 180 Å². The smallest absolute Gasteiger partial charge is 0.276 e. The quantitative estimate of drug-likeness (QED) is 0.449. The van der Waals surface area contributed by atoms with Gasteiger partial charge in [-0.05, 0) is 12.0 Å². The molecule has 1 amide bonds. The summed E-state index contributed by atoms with van der Waals surface area (Å²) in [6.45, 7) is 1.96. The average Bonchev–Trinajstić information content (AvgIpc) is 3.15. The van der Waals surface area contributed by atoms with Gasteiger partial charge in [0.05, 0.1) is 0 Å². The van der Waals surface area contributed by atoms with Crippen LogP contribution in [0, 0.1) is 0 Å². The van der Waals surface area contributed by atoms with Gasteiger partial charge in [-0.25, -0.2) is 9.67 Å². The number of carbonyl (C=O) groups is 1. The summed E-state index contributed by atoms with van der Waals surface area (Å²) in [4.78, 5) is 18.3. The van der Waals surface area contributed by atoms with Gasteiger partial charge in [0, 0.05) is 33.9 Å². The van der Waals surface area contributed by atoms with Crippen LogP contribution >= 0.6 is 0 Å². The highest BCUT2D eigenvalue weighted by Crippen LogP contribution is 2.46. The van der Waals surface area contributed by atoms with Crippen LogP contribution in [0.2, 0.25) is 0 Å². The lowest BCUT2D eigenvalue weighted by Gasteiger charge is -2.10. The molecular formula is C21H27N7O3. The molecule has 10 nitrogen and oxygen atoms in total. The number of hydrogen-bond acceptors (Lipinski definition) is 7. The van der Waals surface area contributed by atoms with Gasteiger partial charge >= 0.3 is 0 Å². The largest absolute Gasteiger partial charge is 0.493 e. The first kappa shape index (κ1) is 21.8. The molecule has 3 rings (SSSR count). The highest BCUT2D eigenvalue weighted by atomic mass is 16.3. The second-order valence-electron chi connectivity index (χ2n) is 7.27. The van der Waals surface area contributed by atoms with Crippen LogP contribution in [0.3, 0.4) is 0 Å². The van der Waals surface area contributed by atoms with Gasteiger partial charge in [0.1, 0.15) is 11.4 Å². The number of aliphatic imine (C=N–C) groups is 1. The molecule has 0 aliphatic heterocycles. The van der Waals surface area contributed by atoms with Crippen molar-refractivity contribution in [2.24, 2.45) is 19.1 Å². The molecule has 0 saturated heterocycles. The number of carbonyl (C=O) groups excluding carboxylic acids is 1. The molecule has 0 atom stereocenters. The van der Waals surface area contributed by atoms with Crippen LogP contribution < -0.4 is 11.1 Å². The molecule has 31 heavy (non-hydrogen) atoms. The van der Waals surface area contributed by atoms with Crippen LogP contribution in [0.15, 0.2) is 35.3 Å². The predicted molar refractivity (Wildman–Crippen MR) is 121 cm³/mol. The fraction of sp³-hybridized carbons (Fsp3) is 0.286. The molecule has 1 aromatic carbocycles. The number of amides is 1. The molecular weight excluding hydrogens is 398 g/mol. The van der Waals surface area contributed by atoms with E-state index < -0.39 is 0 Å². The van der Waals surface area contributed by atoms with Crippen molar-refractivity contribution >= 4 is 34.5 Å². The number of benzene rings is 1. The van der Waals surface area contributed by atoms with E-state index in [4.69, 9.17) is 5.73 Å². The first-order chi connectivity index (χ1) is 14.7. The second kappa shape index (κ2) is 8.42. The van der Waals surface area contributed by atoms with E-state index in [0.29, 0.717) is 12.2 Å². The zero-order chi connectivity index (χ0) is 22.9. The van der Waals surface area contributed by atoms with Crippen LogP contribution in [-0.4, -0.2) is 55.2 Å². The molecule has 10 heteroatoms. The monoisotopic (exact) mass is 425 g/mol. The molecule has 0 radical (unpaired) electrons. The molecule has 0 saturated carbocycles. The zero-order valence-electron chi connectivity index (χ0n) is 18.2. The Balaban J connectivity index is 2.12. The highest BCUT2D eigenvalue weighted by molar-refractivity contribution is 6.04. The fourth-order valence-electron chi connectivity index (χ4n) is 3.16. The van der Waals surface area contributed by atoms with Crippen molar-refractivity contribution in [1.29, 1.82) is 0 Å². The van der Waals surface area contributed by atoms with Crippen molar-refractivity contribution in [3.8, 4) is 11.8 Å². The van der Waals surface area contributed by atoms with E-state index in [-0.39, 0.29) is 40.4 Å². The molecule has 2 aromatic heterocycles. The molecule has 0 aliphatic carbocycles. The first-order valence-corrected chi connectivity index (χ1v) is 9.72. The summed E-state index contributed by atoms with van der Waals surface area (Å²) < 4.78 is 2.61. The van der Waals surface area contributed by atoms with Crippen LogP contribution in [-0.2, 0) is 14.1 Å². The van der Waals surface area contributed by atoms with Gasteiger partial charge in [-0.1, -0.05) is 37.3 Å². The number of aryl methyl sites for hydroxylation is 1. The maximum absolute atomic E-state index is 12.3. The number of nitrogens with two attached hydrogens (primary N) is 1. The van der Waals surface area contributed by atoms with Crippen molar-refractivity contribution in [3.63, 3.8) is 0 Å². The predicted octanol–water partition coefficient (Wildman–Crippen LogP) is 2.73. The van der Waals surface area contributed by atoms with Crippen molar-refractivity contribution < 1.29 is 15.0 Å². The molecule has 5 N–H and O–H groups in total. The third-order valence-corrected chi connectivity index (χ3v) is 4.93. The lowest BCUT2D eigenvalue weighted by Crippen LogP contribution is -2.23. The summed E-state index contributed by atoms with van der Waals surface area (Å²) in [5.74, 6) is -0.509. The Morgan fingerprint density at radius 2 is 1.84 bits per heavy atom. The SMILES string of the molecule is CCC(=Nc1c(Nc2c(N)c(C(=O)N(C)C)nn2C)c(O)n(C)c1O)c1ccccc1. The number of nitrogen functional groups attached to an aromatic ring is 1. The molecule has 3 aromatic rings. The van der Waals surface area contributed by atoms with Gasteiger partial charge in [0.15, 0.2) is 17.2 Å². The molecule has 2 heterocycles. The first-order valence-electron chi connectivity index (χ1n) is 9.72. The summed E-state index contributed by atoms with van der Waals surface area (Å²) in [6.07, 6.45) is 0.605. The third-order valence-electron chi connectivity index (χ3n) is 4.93. The summed E-state index contributed by atoms with van der Waals surface area (Å²) in [5.41, 5.74) is 8.31. The van der Waals surface area contributed by atoms with Crippen LogP contribution in [0.1, 0.15) is 29.4 Å². The van der Waals surface area contributed by atoms with E-state index in [0.717, 1.165) is 11.3 Å². The summed E-state index contributed by atoms with van der Waals surface area (Å²) in [7, 11) is 6.34. The third kappa shape index (κ3) is 3.91. The molecule has 0 unspecified atom stereocenters. The van der Waals surface area contributed by atoms with Gasteiger partial charge in [0.25, 0.3) is 5.91 Å². The normalized spacial score (nSPS) is 11.6. The van der Waals surface area contributed by atoms with Gasteiger partial charge in [-0.15, -0.1) is 0 Å². The van der Waals surface area contributed by atoms with E-state index in [1.165, 1.54) is 21.2 Å². The van der Waals surface area contributed by atoms with Crippen LogP contribution in [0.5, 0.6) is 11.8 Å². The minimum absolute atomic E-state index is 0.0817. The number of anilines is 3. The Morgan fingerprint density at radius 1 is 1.19 bits per heavy atom. The Hall–Kier alpha value is -3.95. The Morgan fingerprint density at radius 3 is 2.42 bits per heavy atom. The van der Waals surface area contributed by atoms with Crippen molar-refractivity contribution in [2.45, 2.75) is 13.3 Å². The average molecular weight is 425 g/mol. The van der Waals surface area contributed by atoms with E-state index in [1.54, 1.807) is 21.1 Å². The standard InChI is InChI=1S/C21H27N7O3/c1-6-13(12-10-8-7-9-11-12)23-16-17(21(31)27(4)20(16)30)24-18-14(22)15(25-28(18)5)19(29)26(2)3/h7-11,24,30-31H,6,22H2,1-5H3. The van der Waals surface area contributed by atoms with E-state index in [1.807, 2.05) is 37.3 Å². The summed E-state index contributed by atoms with van der Waals surface area (Å²) in [5, 5.41) is 28.4. The summed E-state index contributed by atoms with van der Waals surface area (Å²) in [6, 6.07) is 9.57. The number of aromatic hydroxyl groups is 2. The van der Waals surface area contributed by atoms with Crippen molar-refractivity contribution in [2.75, 3.05) is 25.1 Å². The van der Waals surface area contributed by atoms with Crippen LogP contribution in [0.4, 0.5) is 22.9 Å². The molecule has 0 spiro atoms. The Bertz CT molecular complexity index is 1140. The number of nitrogens with zero attached hydrogens (tertiary/aromatic N) is 5. The van der Waals surface area contributed by atoms with E-state index in [2.05, 4.69) is 15.4 Å². The van der Waals surface area contributed by atoms with Gasteiger partial charge in [-0.2, -0.15) is 5.10 Å². The fourth-order valence-corrected chi connectivity index (χ4v) is 3.16. The minimum Gasteiger partial charge on any atom is -0.493 e. The van der Waals surface area contributed by atoms with E-state index in [9.17, 15) is 15.0 Å². The Kier molecular flexibility index (Phi) is 5.91. The van der Waals surface area contributed by atoms with Crippen LogP contribution in [0.25, 0.3) is 0 Å². The molecule has 0 aliphatic rings. The topological polar surface area (TPSA) is 134 Å². The molecule has 0 fully saturated rings. The number of hydrogen-bond donors (Lipinski definition) is 4. The molecule has 0 bridgehead atoms. The maximum Gasteiger partial charge on any atom is 0.276 e. The lowest BCUT2D eigenvalue weighted by molar-refractivity contribution is 0.0822. The van der Waals surface area contributed by atoms with Crippen molar-refractivity contribution in [1.82, 2.24) is 19.2 Å². The number of aromatic nitrogens is 3. The maximum atomic E-state index is 12.3.